The number of hydrazine groups is 1. The maximum absolute atomic E-state index is 11.2. The Bertz CT molecular complexity index is 416. The summed E-state index contributed by atoms with van der Waals surface area (Å²) in [6.07, 6.45) is 2.82. The molecule has 106 valence electrons. The summed E-state index contributed by atoms with van der Waals surface area (Å²) in [5.74, 6) is 0. The first kappa shape index (κ1) is 14.5. The second-order valence-corrected chi connectivity index (χ2v) is 6.73. The van der Waals surface area contributed by atoms with Crippen molar-refractivity contribution in [2.75, 3.05) is 14.1 Å². The highest BCUT2D eigenvalue weighted by Crippen LogP contribution is 2.45. The molecule has 1 aliphatic rings. The molecule has 0 radical (unpaired) electrons. The highest BCUT2D eigenvalue weighted by Gasteiger charge is 2.46. The third kappa shape index (κ3) is 3.16. The highest BCUT2D eigenvalue weighted by molar-refractivity contribution is 5.25. The molecule has 1 aromatic rings. The Balaban J connectivity index is 2.31. The number of rotatable bonds is 3. The lowest BCUT2D eigenvalue weighted by atomic mass is 9.66. The van der Waals surface area contributed by atoms with Crippen LogP contribution in [0.25, 0.3) is 0 Å². The minimum absolute atomic E-state index is 0.0497. The summed E-state index contributed by atoms with van der Waals surface area (Å²) in [4.78, 5) is 0. The van der Waals surface area contributed by atoms with E-state index in [-0.39, 0.29) is 11.5 Å². The smallest absolute Gasteiger partial charge is 0.106 e. The van der Waals surface area contributed by atoms with E-state index in [1.54, 1.807) is 0 Å². The van der Waals surface area contributed by atoms with Crippen LogP contribution in [0.15, 0.2) is 30.3 Å². The molecule has 0 unspecified atom stereocenters. The molecule has 3 nitrogen and oxygen atoms in total. The van der Waals surface area contributed by atoms with Crippen molar-refractivity contribution in [3.8, 4) is 0 Å². The molecule has 3 heteroatoms. The van der Waals surface area contributed by atoms with Gasteiger partial charge in [-0.05, 0) is 30.2 Å². The number of nitrogens with zero attached hydrogens (tertiary/aromatic N) is 1. The first-order chi connectivity index (χ1) is 8.83. The Kier molecular flexibility index (Phi) is 4.00. The maximum Gasteiger partial charge on any atom is 0.106 e. The third-order valence-corrected chi connectivity index (χ3v) is 4.20. The van der Waals surface area contributed by atoms with Crippen LogP contribution in [0.1, 0.15) is 38.7 Å². The Morgan fingerprint density at radius 3 is 2.37 bits per heavy atom. The monoisotopic (exact) mass is 262 g/mol. The van der Waals surface area contributed by atoms with E-state index >= 15 is 0 Å². The van der Waals surface area contributed by atoms with Gasteiger partial charge < -0.3 is 5.11 Å². The first-order valence-electron chi connectivity index (χ1n) is 7.05. The van der Waals surface area contributed by atoms with Crippen molar-refractivity contribution in [1.82, 2.24) is 10.4 Å². The highest BCUT2D eigenvalue weighted by atomic mass is 16.3. The van der Waals surface area contributed by atoms with E-state index in [9.17, 15) is 5.11 Å². The van der Waals surface area contributed by atoms with E-state index in [0.717, 1.165) is 24.8 Å². The van der Waals surface area contributed by atoms with Crippen molar-refractivity contribution >= 4 is 0 Å². The molecule has 1 aliphatic carbocycles. The molecule has 0 amide bonds. The van der Waals surface area contributed by atoms with Gasteiger partial charge in [0, 0.05) is 14.1 Å². The van der Waals surface area contributed by atoms with Gasteiger partial charge in [-0.15, -0.1) is 0 Å². The Labute approximate surface area is 116 Å². The lowest BCUT2D eigenvalue weighted by Crippen LogP contribution is -2.57. The van der Waals surface area contributed by atoms with Crippen molar-refractivity contribution in [3.63, 3.8) is 0 Å². The number of hydrogen-bond donors (Lipinski definition) is 2. The summed E-state index contributed by atoms with van der Waals surface area (Å²) in [7, 11) is 3.96. The predicted molar refractivity (Wildman–Crippen MR) is 78.6 cm³/mol. The molecular formula is C16H26N2O. The zero-order valence-electron chi connectivity index (χ0n) is 12.5. The lowest BCUT2D eigenvalue weighted by Gasteiger charge is -2.48. The number of benzene rings is 1. The van der Waals surface area contributed by atoms with Crippen LogP contribution in [-0.4, -0.2) is 30.3 Å². The van der Waals surface area contributed by atoms with E-state index in [1.165, 1.54) is 0 Å². The maximum atomic E-state index is 11.2. The molecule has 1 aromatic carbocycles. The van der Waals surface area contributed by atoms with E-state index in [0.29, 0.717) is 0 Å². The van der Waals surface area contributed by atoms with Crippen LogP contribution in [0.2, 0.25) is 0 Å². The summed E-state index contributed by atoms with van der Waals surface area (Å²) in [6.45, 7) is 4.56. The third-order valence-electron chi connectivity index (χ3n) is 4.20. The van der Waals surface area contributed by atoms with Gasteiger partial charge in [0.25, 0.3) is 0 Å². The fourth-order valence-corrected chi connectivity index (χ4v) is 3.06. The van der Waals surface area contributed by atoms with Crippen LogP contribution in [-0.2, 0) is 5.60 Å². The van der Waals surface area contributed by atoms with Crippen molar-refractivity contribution in [3.05, 3.63) is 35.9 Å². The van der Waals surface area contributed by atoms with Crippen LogP contribution in [0.3, 0.4) is 0 Å². The predicted octanol–water partition coefficient (Wildman–Crippen LogP) is 2.52. The molecule has 2 rings (SSSR count). The Morgan fingerprint density at radius 1 is 1.16 bits per heavy atom. The molecule has 0 aromatic heterocycles. The zero-order chi connectivity index (χ0) is 14.1. The number of nitrogens with one attached hydrogen (secondary N) is 1. The van der Waals surface area contributed by atoms with Crippen LogP contribution >= 0.6 is 0 Å². The van der Waals surface area contributed by atoms with Gasteiger partial charge in [0.05, 0.1) is 6.04 Å². The topological polar surface area (TPSA) is 35.5 Å². The van der Waals surface area contributed by atoms with Gasteiger partial charge in [0.1, 0.15) is 5.60 Å². The molecule has 0 saturated heterocycles. The van der Waals surface area contributed by atoms with Gasteiger partial charge in [0.15, 0.2) is 0 Å². The van der Waals surface area contributed by atoms with Crippen molar-refractivity contribution in [2.45, 2.75) is 44.8 Å². The molecule has 0 heterocycles. The molecule has 2 atom stereocenters. The van der Waals surface area contributed by atoms with Gasteiger partial charge in [-0.1, -0.05) is 44.2 Å². The summed E-state index contributed by atoms with van der Waals surface area (Å²) in [6, 6.07) is 10.1. The van der Waals surface area contributed by atoms with Gasteiger partial charge >= 0.3 is 0 Å². The molecule has 0 aliphatic heterocycles. The molecule has 1 saturated carbocycles. The second-order valence-electron chi connectivity index (χ2n) is 6.73. The van der Waals surface area contributed by atoms with Gasteiger partial charge in [-0.3, -0.25) is 5.01 Å². The molecule has 1 fully saturated rings. The Morgan fingerprint density at radius 2 is 1.79 bits per heavy atom. The quantitative estimate of drug-likeness (QED) is 0.822. The summed E-state index contributed by atoms with van der Waals surface area (Å²) >= 11 is 0. The number of hydrogen-bond acceptors (Lipinski definition) is 3. The van der Waals surface area contributed by atoms with Crippen LogP contribution in [0.4, 0.5) is 0 Å². The molecule has 0 spiro atoms. The molecule has 2 N–H and O–H groups in total. The summed E-state index contributed by atoms with van der Waals surface area (Å²) < 4.78 is 0. The molecular weight excluding hydrogens is 236 g/mol. The standard InChI is InChI=1S/C16H26N2O/c1-15(2)10-11-16(19,13-8-6-5-7-9-13)14(12-15)17-18(3)4/h5-9,14,17,19H,10-12H2,1-4H3/t14-,16-/m0/s1. The number of aliphatic hydroxyl groups is 1. The average Bonchev–Trinajstić information content (AvgIpc) is 2.34. The van der Waals surface area contributed by atoms with Gasteiger partial charge in [0.2, 0.25) is 0 Å². The van der Waals surface area contributed by atoms with Crippen molar-refractivity contribution in [2.24, 2.45) is 5.41 Å². The molecule has 19 heavy (non-hydrogen) atoms. The zero-order valence-corrected chi connectivity index (χ0v) is 12.5. The minimum Gasteiger partial charge on any atom is -0.383 e. The van der Waals surface area contributed by atoms with E-state index in [4.69, 9.17) is 0 Å². The van der Waals surface area contributed by atoms with Crippen LogP contribution in [0, 0.1) is 5.41 Å². The summed E-state index contributed by atoms with van der Waals surface area (Å²) in [5.41, 5.74) is 3.92. The fourth-order valence-electron chi connectivity index (χ4n) is 3.06. The van der Waals surface area contributed by atoms with Crippen molar-refractivity contribution < 1.29 is 5.11 Å². The first-order valence-corrected chi connectivity index (χ1v) is 7.05. The van der Waals surface area contributed by atoms with E-state index in [2.05, 4.69) is 19.3 Å². The fraction of sp³-hybridized carbons (Fsp3) is 0.625. The molecule has 0 bridgehead atoms. The average molecular weight is 262 g/mol. The lowest BCUT2D eigenvalue weighted by molar-refractivity contribution is -0.0787. The SMILES string of the molecule is CN(C)N[C@H]1CC(C)(C)CC[C@]1(O)c1ccccc1. The van der Waals surface area contributed by atoms with Crippen molar-refractivity contribution in [1.29, 1.82) is 0 Å². The van der Waals surface area contributed by atoms with E-state index < -0.39 is 5.60 Å². The Hall–Kier alpha value is -0.900. The van der Waals surface area contributed by atoms with Gasteiger partial charge in [-0.2, -0.15) is 0 Å². The summed E-state index contributed by atoms with van der Waals surface area (Å²) in [5, 5.41) is 13.1. The van der Waals surface area contributed by atoms with Crippen LogP contribution in [0.5, 0.6) is 0 Å². The second kappa shape index (κ2) is 5.23. The normalized spacial score (nSPS) is 30.5. The van der Waals surface area contributed by atoms with Crippen LogP contribution < -0.4 is 5.43 Å². The largest absolute Gasteiger partial charge is 0.383 e. The van der Waals surface area contributed by atoms with E-state index in [1.807, 2.05) is 49.4 Å². The van der Waals surface area contributed by atoms with Gasteiger partial charge in [-0.25, -0.2) is 5.43 Å². The minimum atomic E-state index is -0.777.